The Hall–Kier alpha value is -1.58. The quantitative estimate of drug-likeness (QED) is 0.684. The largest absolute Gasteiger partial charge is 0.356 e. The number of nitrogens with zero attached hydrogens (tertiary/aromatic N) is 2. The predicted molar refractivity (Wildman–Crippen MR) is 86.0 cm³/mol. The number of hydrogen-bond donors (Lipinski definition) is 1. The highest BCUT2D eigenvalue weighted by Crippen LogP contribution is 2.46. The first-order valence-electron chi connectivity index (χ1n) is 7.51. The van der Waals surface area contributed by atoms with Crippen molar-refractivity contribution in [2.75, 3.05) is 20.1 Å². The number of guanidine groups is 1. The highest BCUT2D eigenvalue weighted by atomic mass is 19.1. The molecule has 0 aromatic heterocycles. The van der Waals surface area contributed by atoms with Crippen molar-refractivity contribution in [3.63, 3.8) is 0 Å². The second-order valence-electron chi connectivity index (χ2n) is 6.88. The molecule has 0 amide bonds. The number of halogens is 1. The van der Waals surface area contributed by atoms with Gasteiger partial charge < -0.3 is 10.2 Å². The van der Waals surface area contributed by atoms with E-state index in [-0.39, 0.29) is 11.4 Å². The van der Waals surface area contributed by atoms with Crippen molar-refractivity contribution in [3.05, 3.63) is 35.6 Å². The van der Waals surface area contributed by atoms with Crippen molar-refractivity contribution < 1.29 is 4.39 Å². The minimum absolute atomic E-state index is 0.102. The summed E-state index contributed by atoms with van der Waals surface area (Å²) in [5.74, 6) is 0.758. The van der Waals surface area contributed by atoms with Gasteiger partial charge in [0.05, 0.1) is 0 Å². The molecule has 1 heterocycles. The van der Waals surface area contributed by atoms with Crippen LogP contribution in [-0.4, -0.2) is 36.5 Å². The molecule has 1 N–H and O–H groups in total. The molecule has 4 heteroatoms. The van der Waals surface area contributed by atoms with Crippen LogP contribution in [0, 0.1) is 11.2 Å². The third-order valence-corrected chi connectivity index (χ3v) is 4.96. The molecule has 0 unspecified atom stereocenters. The molecule has 3 nitrogen and oxygen atoms in total. The van der Waals surface area contributed by atoms with E-state index in [2.05, 4.69) is 42.9 Å². The van der Waals surface area contributed by atoms with Crippen LogP contribution in [-0.2, 0) is 6.42 Å². The molecule has 0 spiro atoms. The molecule has 1 saturated heterocycles. The molecular weight excluding hydrogens is 265 g/mol. The van der Waals surface area contributed by atoms with Gasteiger partial charge in [0.25, 0.3) is 0 Å². The Morgan fingerprint density at radius 3 is 2.33 bits per heavy atom. The lowest BCUT2D eigenvalue weighted by Crippen LogP contribution is -2.72. The van der Waals surface area contributed by atoms with Gasteiger partial charge in [-0.15, -0.1) is 0 Å². The summed E-state index contributed by atoms with van der Waals surface area (Å²) in [4.78, 5) is 6.71. The smallest absolute Gasteiger partial charge is 0.194 e. The lowest BCUT2D eigenvalue weighted by atomic mass is 9.65. The summed E-state index contributed by atoms with van der Waals surface area (Å²) in [6, 6.07) is 6.67. The first kappa shape index (κ1) is 15.8. The number of nitrogens with one attached hydrogen (secondary N) is 1. The second kappa shape index (κ2) is 5.66. The molecule has 1 aromatic carbocycles. The van der Waals surface area contributed by atoms with Crippen LogP contribution in [0.25, 0.3) is 0 Å². The fraction of sp³-hybridized carbons (Fsp3) is 0.588. The van der Waals surface area contributed by atoms with Gasteiger partial charge in [-0.25, -0.2) is 4.39 Å². The molecule has 1 aliphatic rings. The van der Waals surface area contributed by atoms with Gasteiger partial charge in [0, 0.05) is 31.1 Å². The summed E-state index contributed by atoms with van der Waals surface area (Å²) >= 11 is 0. The maximum Gasteiger partial charge on any atom is 0.194 e. The lowest BCUT2D eigenvalue weighted by molar-refractivity contribution is -0.0666. The third-order valence-electron chi connectivity index (χ3n) is 4.96. The van der Waals surface area contributed by atoms with Crippen molar-refractivity contribution in [1.82, 2.24) is 10.2 Å². The number of rotatable bonds is 3. The van der Waals surface area contributed by atoms with Gasteiger partial charge in [0.1, 0.15) is 5.82 Å². The summed E-state index contributed by atoms with van der Waals surface area (Å²) in [7, 11) is 1.82. The first-order chi connectivity index (χ1) is 9.78. The molecule has 0 radical (unpaired) electrons. The summed E-state index contributed by atoms with van der Waals surface area (Å²) < 4.78 is 12.9. The van der Waals surface area contributed by atoms with E-state index in [0.29, 0.717) is 5.41 Å². The molecule has 1 fully saturated rings. The normalized spacial score (nSPS) is 20.1. The Morgan fingerprint density at radius 1 is 1.24 bits per heavy atom. The fourth-order valence-electron chi connectivity index (χ4n) is 2.67. The van der Waals surface area contributed by atoms with Crippen LogP contribution in [0.5, 0.6) is 0 Å². The molecule has 0 atom stereocenters. The average molecular weight is 291 g/mol. The summed E-state index contributed by atoms with van der Waals surface area (Å²) in [5, 5.41) is 3.41. The van der Waals surface area contributed by atoms with E-state index < -0.39 is 0 Å². The topological polar surface area (TPSA) is 27.6 Å². The monoisotopic (exact) mass is 291 g/mol. The van der Waals surface area contributed by atoms with Crippen LogP contribution >= 0.6 is 0 Å². The van der Waals surface area contributed by atoms with E-state index in [1.807, 2.05) is 19.2 Å². The van der Waals surface area contributed by atoms with Crippen molar-refractivity contribution in [2.45, 2.75) is 39.7 Å². The molecule has 0 saturated carbocycles. The predicted octanol–water partition coefficient (Wildman–Crippen LogP) is 3.06. The van der Waals surface area contributed by atoms with Crippen LogP contribution in [0.1, 0.15) is 33.3 Å². The van der Waals surface area contributed by atoms with E-state index >= 15 is 0 Å². The molecule has 116 valence electrons. The second-order valence-corrected chi connectivity index (χ2v) is 6.88. The van der Waals surface area contributed by atoms with Gasteiger partial charge in [-0.2, -0.15) is 0 Å². The zero-order chi connectivity index (χ0) is 15.7. The number of benzene rings is 1. The van der Waals surface area contributed by atoms with Gasteiger partial charge in [0.2, 0.25) is 0 Å². The van der Waals surface area contributed by atoms with Crippen molar-refractivity contribution in [2.24, 2.45) is 10.4 Å². The van der Waals surface area contributed by atoms with E-state index in [0.717, 1.165) is 31.0 Å². The van der Waals surface area contributed by atoms with Gasteiger partial charge in [-0.3, -0.25) is 4.99 Å². The maximum atomic E-state index is 12.9. The Labute approximate surface area is 127 Å². The molecule has 2 rings (SSSR count). The van der Waals surface area contributed by atoms with Crippen molar-refractivity contribution in [1.29, 1.82) is 0 Å². The Morgan fingerprint density at radius 2 is 1.86 bits per heavy atom. The van der Waals surface area contributed by atoms with Gasteiger partial charge in [0.15, 0.2) is 5.96 Å². The van der Waals surface area contributed by atoms with E-state index in [4.69, 9.17) is 0 Å². The average Bonchev–Trinajstić information content (AvgIpc) is 2.44. The minimum atomic E-state index is -0.188. The molecule has 21 heavy (non-hydrogen) atoms. The molecule has 1 aromatic rings. The number of hydrogen-bond acceptors (Lipinski definition) is 1. The molecule has 0 aliphatic carbocycles. The van der Waals surface area contributed by atoms with Gasteiger partial charge in [-0.1, -0.05) is 26.0 Å². The molecule has 0 bridgehead atoms. The van der Waals surface area contributed by atoms with Crippen LogP contribution in [0.2, 0.25) is 0 Å². The van der Waals surface area contributed by atoms with E-state index in [1.165, 1.54) is 12.1 Å². The van der Waals surface area contributed by atoms with Crippen LogP contribution < -0.4 is 5.32 Å². The minimum Gasteiger partial charge on any atom is -0.356 e. The van der Waals surface area contributed by atoms with Crippen LogP contribution in [0.15, 0.2) is 29.3 Å². The zero-order valence-corrected chi connectivity index (χ0v) is 13.7. The standard InChI is InChI=1S/C17H26FN3/c1-16(2)12-21(17(16,3)4)15(19-5)20-11-10-13-6-8-14(18)9-7-13/h6-9H,10-12H2,1-5H3,(H,19,20). The van der Waals surface area contributed by atoms with Gasteiger partial charge >= 0.3 is 0 Å². The highest BCUT2D eigenvalue weighted by molar-refractivity contribution is 5.82. The molecular formula is C17H26FN3. The summed E-state index contributed by atoms with van der Waals surface area (Å²) in [6.45, 7) is 10.9. The SMILES string of the molecule is CN=C(NCCc1ccc(F)cc1)N1CC(C)(C)C1(C)C. The van der Waals surface area contributed by atoms with Crippen molar-refractivity contribution >= 4 is 5.96 Å². The Balaban J connectivity index is 1.89. The Kier molecular flexibility index (Phi) is 4.26. The van der Waals surface area contributed by atoms with Crippen LogP contribution in [0.3, 0.4) is 0 Å². The number of aliphatic imine (C=N–C) groups is 1. The van der Waals surface area contributed by atoms with E-state index in [1.54, 1.807) is 0 Å². The fourth-order valence-corrected chi connectivity index (χ4v) is 2.67. The Bertz CT molecular complexity index is 517. The lowest BCUT2D eigenvalue weighted by Gasteiger charge is -2.62. The van der Waals surface area contributed by atoms with Crippen LogP contribution in [0.4, 0.5) is 4.39 Å². The van der Waals surface area contributed by atoms with Gasteiger partial charge in [-0.05, 0) is 38.0 Å². The third kappa shape index (κ3) is 3.04. The molecule has 1 aliphatic heterocycles. The van der Waals surface area contributed by atoms with E-state index in [9.17, 15) is 4.39 Å². The zero-order valence-electron chi connectivity index (χ0n) is 13.7. The van der Waals surface area contributed by atoms with Crippen molar-refractivity contribution in [3.8, 4) is 0 Å². The maximum absolute atomic E-state index is 12.9. The summed E-state index contributed by atoms with van der Waals surface area (Å²) in [5.41, 5.74) is 1.52. The highest BCUT2D eigenvalue weighted by Gasteiger charge is 2.53. The summed E-state index contributed by atoms with van der Waals surface area (Å²) in [6.07, 6.45) is 0.858. The first-order valence-corrected chi connectivity index (χ1v) is 7.51. The number of likely N-dealkylation sites (tertiary alicyclic amines) is 1.